The highest BCUT2D eigenvalue weighted by Crippen LogP contribution is 2.08. The summed E-state index contributed by atoms with van der Waals surface area (Å²) in [5, 5.41) is 0. The van der Waals surface area contributed by atoms with Crippen LogP contribution >= 0.6 is 0 Å². The second kappa shape index (κ2) is 24.0. The van der Waals surface area contributed by atoms with Crippen molar-refractivity contribution >= 4 is 23.5 Å². The monoisotopic (exact) mass is 536 g/mol. The number of ketones is 2. The maximum absolute atomic E-state index is 11.6. The molecule has 0 unspecified atom stereocenters. The third kappa shape index (κ3) is 16.4. The Hall–Kier alpha value is -3.36. The molecular formula is C30H48O8. The van der Waals surface area contributed by atoms with Gasteiger partial charge in [0, 0.05) is 32.0 Å². The molecule has 0 saturated heterocycles. The number of Topliss-reactive ketones (excluding diaryl/α,β-unsaturated/α-hetero) is 2. The first-order valence-corrected chi connectivity index (χ1v) is 10.8. The second-order valence-electron chi connectivity index (χ2n) is 7.23. The Balaban J connectivity index is -0.000000277. The van der Waals surface area contributed by atoms with Gasteiger partial charge >= 0.3 is 11.9 Å². The molecule has 0 N–H and O–H groups in total. The second-order valence-corrected chi connectivity index (χ2v) is 7.23. The van der Waals surface area contributed by atoms with Crippen molar-refractivity contribution in [3.8, 4) is 0 Å². The average molecular weight is 537 g/mol. The fourth-order valence-electron chi connectivity index (χ4n) is 2.58. The first-order chi connectivity index (χ1) is 16.3. The minimum Gasteiger partial charge on any atom is -0.462 e. The molecule has 0 aliphatic rings. The van der Waals surface area contributed by atoms with Crippen LogP contribution in [-0.2, 0) is 18.9 Å². The molecule has 8 nitrogen and oxygen atoms in total. The van der Waals surface area contributed by atoms with Crippen molar-refractivity contribution in [2.24, 2.45) is 0 Å². The maximum Gasteiger partial charge on any atom is 0.338 e. The molecule has 0 fully saturated rings. The van der Waals surface area contributed by atoms with Crippen molar-refractivity contribution in [2.75, 3.05) is 40.6 Å². The molecule has 38 heavy (non-hydrogen) atoms. The fraction of sp³-hybridized carbons (Fsp3) is 0.467. The number of rotatable bonds is 12. The molecule has 0 heterocycles. The summed E-state index contributed by atoms with van der Waals surface area (Å²) < 4.78 is 19.7. The minimum atomic E-state index is -0.410. The van der Waals surface area contributed by atoms with Crippen LogP contribution in [0.1, 0.15) is 97.8 Å². The van der Waals surface area contributed by atoms with Gasteiger partial charge < -0.3 is 18.9 Å². The Kier molecular flexibility index (Phi) is 26.4. The quantitative estimate of drug-likeness (QED) is 0.167. The van der Waals surface area contributed by atoms with E-state index in [1.165, 1.54) is 21.0 Å². The van der Waals surface area contributed by atoms with Gasteiger partial charge in [0.2, 0.25) is 0 Å². The van der Waals surface area contributed by atoms with E-state index < -0.39 is 5.97 Å². The summed E-state index contributed by atoms with van der Waals surface area (Å²) in [6, 6.07) is 12.8. The molecule has 0 radical (unpaired) electrons. The molecule has 2 aromatic rings. The van der Waals surface area contributed by atoms with E-state index in [1.54, 1.807) is 55.6 Å². The van der Waals surface area contributed by atoms with E-state index in [0.29, 0.717) is 42.1 Å². The van der Waals surface area contributed by atoms with E-state index in [1.807, 2.05) is 0 Å². The topological polar surface area (TPSA) is 105 Å². The highest BCUT2D eigenvalue weighted by Gasteiger charge is 2.08. The van der Waals surface area contributed by atoms with E-state index in [2.05, 4.69) is 0 Å². The molecule has 0 aliphatic carbocycles. The van der Waals surface area contributed by atoms with Crippen LogP contribution in [0.25, 0.3) is 0 Å². The Morgan fingerprint density at radius 2 is 0.816 bits per heavy atom. The molecule has 216 valence electrons. The summed E-state index contributed by atoms with van der Waals surface area (Å²) in [5.74, 6) is -0.816. The van der Waals surface area contributed by atoms with E-state index in [4.69, 9.17) is 18.9 Å². The lowest BCUT2D eigenvalue weighted by molar-refractivity contribution is 0.0387. The van der Waals surface area contributed by atoms with Gasteiger partial charge in [-0.15, -0.1) is 0 Å². The zero-order chi connectivity index (χ0) is 25.3. The fourth-order valence-corrected chi connectivity index (χ4v) is 2.58. The van der Waals surface area contributed by atoms with Crippen molar-refractivity contribution in [1.29, 1.82) is 0 Å². The predicted molar refractivity (Wildman–Crippen MR) is 153 cm³/mol. The van der Waals surface area contributed by atoms with Crippen LogP contribution in [0.2, 0.25) is 0 Å². The third-order valence-electron chi connectivity index (χ3n) is 4.55. The standard InChI is InChI=1S/C14H18O4.C12H14O4.4CH4/c1-11(15)12-5-7-13(8-6-12)14(16)18-10-4-3-9-17-2;1-9(13)10-3-5-11(6-4-10)12(14)16-8-7-15-2;;;;/h5-8H,3-4,9-10H2,1-2H3;3-6H,7-8H2,1-2H3;4*1H4. The van der Waals surface area contributed by atoms with E-state index in [0.717, 1.165) is 12.8 Å². The molecule has 8 heteroatoms. The number of carbonyl (C=O) groups is 4. The van der Waals surface area contributed by atoms with Gasteiger partial charge in [0.15, 0.2) is 11.6 Å². The molecular weight excluding hydrogens is 488 g/mol. The normalized spacial score (nSPS) is 8.95. The highest BCUT2D eigenvalue weighted by atomic mass is 16.6. The Bertz CT molecular complexity index is 918. The third-order valence-corrected chi connectivity index (χ3v) is 4.55. The highest BCUT2D eigenvalue weighted by molar-refractivity contribution is 5.96. The molecule has 0 spiro atoms. The molecule has 0 amide bonds. The number of methoxy groups -OCH3 is 2. The number of carbonyl (C=O) groups excluding carboxylic acids is 4. The van der Waals surface area contributed by atoms with Crippen LogP contribution in [-0.4, -0.2) is 64.2 Å². The largest absolute Gasteiger partial charge is 0.462 e. The number of unbranched alkanes of at least 4 members (excludes halogenated alkanes) is 1. The Morgan fingerprint density at radius 1 is 0.500 bits per heavy atom. The van der Waals surface area contributed by atoms with Gasteiger partial charge in [-0.2, -0.15) is 0 Å². The van der Waals surface area contributed by atoms with Crippen LogP contribution in [0.5, 0.6) is 0 Å². The summed E-state index contributed by atoms with van der Waals surface area (Å²) in [6.07, 6.45) is 1.65. The number of esters is 2. The summed E-state index contributed by atoms with van der Waals surface area (Å²) in [6.45, 7) is 4.62. The predicted octanol–water partition coefficient (Wildman–Crippen LogP) is 6.71. The number of ether oxygens (including phenoxy) is 4. The number of hydrogen-bond acceptors (Lipinski definition) is 8. The van der Waals surface area contributed by atoms with E-state index in [-0.39, 0.29) is 53.8 Å². The van der Waals surface area contributed by atoms with Crippen molar-refractivity contribution in [3.63, 3.8) is 0 Å². The first-order valence-electron chi connectivity index (χ1n) is 10.8. The first kappa shape index (κ1) is 41.8. The maximum atomic E-state index is 11.6. The lowest BCUT2D eigenvalue weighted by atomic mass is 10.1. The van der Waals surface area contributed by atoms with E-state index >= 15 is 0 Å². The molecule has 2 rings (SSSR count). The minimum absolute atomic E-state index is 0. The lowest BCUT2D eigenvalue weighted by Crippen LogP contribution is -2.10. The van der Waals surface area contributed by atoms with Crippen LogP contribution in [0, 0.1) is 0 Å². The van der Waals surface area contributed by atoms with Crippen LogP contribution in [0.15, 0.2) is 48.5 Å². The molecule has 0 atom stereocenters. The van der Waals surface area contributed by atoms with Gasteiger partial charge in [0.25, 0.3) is 0 Å². The molecule has 0 bridgehead atoms. The SMILES string of the molecule is C.C.C.C.COCCCCOC(=O)c1ccc(C(C)=O)cc1.COCCOC(=O)c1ccc(C(C)=O)cc1. The molecule has 2 aromatic carbocycles. The zero-order valence-electron chi connectivity index (χ0n) is 20.1. The summed E-state index contributed by atoms with van der Waals surface area (Å²) in [5.41, 5.74) is 2.06. The van der Waals surface area contributed by atoms with Gasteiger partial charge in [-0.3, -0.25) is 9.59 Å². The smallest absolute Gasteiger partial charge is 0.338 e. The molecule has 0 aromatic heterocycles. The van der Waals surface area contributed by atoms with Crippen molar-refractivity contribution in [3.05, 3.63) is 70.8 Å². The summed E-state index contributed by atoms with van der Waals surface area (Å²) in [7, 11) is 3.18. The number of hydrogen-bond donors (Lipinski definition) is 0. The van der Waals surface area contributed by atoms with Crippen molar-refractivity contribution in [1.82, 2.24) is 0 Å². The number of benzene rings is 2. The van der Waals surface area contributed by atoms with Gasteiger partial charge in [-0.1, -0.05) is 54.0 Å². The van der Waals surface area contributed by atoms with Gasteiger partial charge in [0.1, 0.15) is 6.61 Å². The van der Waals surface area contributed by atoms with Crippen LogP contribution < -0.4 is 0 Å². The van der Waals surface area contributed by atoms with Crippen LogP contribution in [0.4, 0.5) is 0 Å². The summed E-state index contributed by atoms with van der Waals surface area (Å²) in [4.78, 5) is 45.1. The van der Waals surface area contributed by atoms with Gasteiger partial charge in [-0.05, 0) is 51.0 Å². The van der Waals surface area contributed by atoms with Crippen LogP contribution in [0.3, 0.4) is 0 Å². The average Bonchev–Trinajstić information content (AvgIpc) is 2.84. The van der Waals surface area contributed by atoms with Crippen molar-refractivity contribution < 1.29 is 38.1 Å². The van der Waals surface area contributed by atoms with Gasteiger partial charge in [-0.25, -0.2) is 9.59 Å². The summed E-state index contributed by atoms with van der Waals surface area (Å²) >= 11 is 0. The lowest BCUT2D eigenvalue weighted by Gasteiger charge is -2.05. The van der Waals surface area contributed by atoms with Gasteiger partial charge in [0.05, 0.1) is 24.3 Å². The molecule has 0 aliphatic heterocycles. The Morgan fingerprint density at radius 3 is 1.16 bits per heavy atom. The Labute approximate surface area is 229 Å². The van der Waals surface area contributed by atoms with E-state index in [9.17, 15) is 19.2 Å². The zero-order valence-corrected chi connectivity index (χ0v) is 20.1. The van der Waals surface area contributed by atoms with Crippen molar-refractivity contribution in [2.45, 2.75) is 56.4 Å². The molecule has 0 saturated carbocycles.